The quantitative estimate of drug-likeness (QED) is 0.846. The highest BCUT2D eigenvalue weighted by atomic mass is 16.5. The third-order valence-corrected chi connectivity index (χ3v) is 5.51. The van der Waals surface area contributed by atoms with Crippen LogP contribution in [0, 0.1) is 17.3 Å². The minimum absolute atomic E-state index is 0.202. The Morgan fingerprint density at radius 2 is 2.32 bits per heavy atom. The van der Waals surface area contributed by atoms with E-state index in [0.29, 0.717) is 19.0 Å². The molecule has 4 heteroatoms. The standard InChI is InChI=1S/C18H26N2O2/c1-22-16-4-2-3-13(10-16)11-18(17(21)20-8-7-19)12-14-5-6-15(18)9-14/h2-4,10,14-15H,5-9,11-12,19H2,1H3,(H,20,21). The molecule has 0 spiro atoms. The van der Waals surface area contributed by atoms with Crippen molar-refractivity contribution in [1.29, 1.82) is 0 Å². The van der Waals surface area contributed by atoms with Crippen molar-refractivity contribution in [2.24, 2.45) is 23.0 Å². The lowest BCUT2D eigenvalue weighted by Crippen LogP contribution is -2.47. The Bertz CT molecular complexity index is 546. The molecule has 1 aromatic carbocycles. The average Bonchev–Trinajstić information content (AvgIpc) is 3.14. The molecule has 0 saturated heterocycles. The summed E-state index contributed by atoms with van der Waals surface area (Å²) in [6.45, 7) is 1.06. The van der Waals surface area contributed by atoms with Gasteiger partial charge >= 0.3 is 0 Å². The van der Waals surface area contributed by atoms with Crippen LogP contribution < -0.4 is 15.8 Å². The fourth-order valence-electron chi connectivity index (χ4n) is 4.53. The number of methoxy groups -OCH3 is 1. The number of hydrogen-bond donors (Lipinski definition) is 2. The van der Waals surface area contributed by atoms with Crippen LogP contribution in [-0.4, -0.2) is 26.1 Å². The van der Waals surface area contributed by atoms with Crippen molar-refractivity contribution in [3.8, 4) is 5.75 Å². The van der Waals surface area contributed by atoms with Crippen molar-refractivity contribution in [2.45, 2.75) is 32.1 Å². The number of hydrogen-bond acceptors (Lipinski definition) is 3. The monoisotopic (exact) mass is 302 g/mol. The van der Waals surface area contributed by atoms with Gasteiger partial charge in [-0.2, -0.15) is 0 Å². The molecule has 0 radical (unpaired) electrons. The Hall–Kier alpha value is -1.55. The molecule has 120 valence electrons. The van der Waals surface area contributed by atoms with Crippen molar-refractivity contribution in [3.05, 3.63) is 29.8 Å². The van der Waals surface area contributed by atoms with Gasteiger partial charge in [0.15, 0.2) is 0 Å². The van der Waals surface area contributed by atoms with Crippen LogP contribution >= 0.6 is 0 Å². The SMILES string of the molecule is COc1cccc(CC2(C(=O)NCCN)CC3CCC2C3)c1. The van der Waals surface area contributed by atoms with E-state index < -0.39 is 0 Å². The smallest absolute Gasteiger partial charge is 0.226 e. The number of fused-ring (bicyclic) bond motifs is 2. The summed E-state index contributed by atoms with van der Waals surface area (Å²) < 4.78 is 5.32. The van der Waals surface area contributed by atoms with Gasteiger partial charge in [-0.1, -0.05) is 18.6 Å². The van der Waals surface area contributed by atoms with E-state index in [2.05, 4.69) is 17.4 Å². The fourth-order valence-corrected chi connectivity index (χ4v) is 4.53. The molecule has 2 saturated carbocycles. The van der Waals surface area contributed by atoms with Crippen molar-refractivity contribution < 1.29 is 9.53 Å². The van der Waals surface area contributed by atoms with Crippen molar-refractivity contribution in [2.75, 3.05) is 20.2 Å². The molecule has 2 aliphatic rings. The van der Waals surface area contributed by atoms with E-state index in [1.807, 2.05) is 12.1 Å². The summed E-state index contributed by atoms with van der Waals surface area (Å²) >= 11 is 0. The molecular weight excluding hydrogens is 276 g/mol. The third kappa shape index (κ3) is 2.72. The number of benzene rings is 1. The second-order valence-electron chi connectivity index (χ2n) is 6.81. The van der Waals surface area contributed by atoms with Crippen molar-refractivity contribution in [1.82, 2.24) is 5.32 Å². The molecule has 2 aliphatic carbocycles. The van der Waals surface area contributed by atoms with Crippen molar-refractivity contribution >= 4 is 5.91 Å². The highest BCUT2D eigenvalue weighted by Gasteiger charge is 2.55. The number of carbonyl (C=O) groups is 1. The van der Waals surface area contributed by atoms with Crippen LogP contribution in [0.3, 0.4) is 0 Å². The van der Waals surface area contributed by atoms with Gasteiger partial charge < -0.3 is 15.8 Å². The highest BCUT2D eigenvalue weighted by Crippen LogP contribution is 2.57. The molecule has 3 N–H and O–H groups in total. The lowest BCUT2D eigenvalue weighted by Gasteiger charge is -2.36. The lowest BCUT2D eigenvalue weighted by molar-refractivity contribution is -0.134. The number of ether oxygens (including phenoxy) is 1. The number of carbonyl (C=O) groups excluding carboxylic acids is 1. The van der Waals surface area contributed by atoms with E-state index in [0.717, 1.165) is 24.5 Å². The van der Waals surface area contributed by atoms with Gasteiger partial charge in [0.05, 0.1) is 12.5 Å². The van der Waals surface area contributed by atoms with E-state index in [1.54, 1.807) is 7.11 Å². The number of rotatable bonds is 6. The first-order chi connectivity index (χ1) is 10.7. The first-order valence-corrected chi connectivity index (χ1v) is 8.29. The van der Waals surface area contributed by atoms with Crippen LogP contribution in [0.1, 0.15) is 31.2 Å². The minimum Gasteiger partial charge on any atom is -0.497 e. The molecule has 0 heterocycles. The van der Waals surface area contributed by atoms with Gasteiger partial charge in [0.2, 0.25) is 5.91 Å². The third-order valence-electron chi connectivity index (χ3n) is 5.51. The number of nitrogens with two attached hydrogens (primary N) is 1. The zero-order valence-corrected chi connectivity index (χ0v) is 13.3. The summed E-state index contributed by atoms with van der Waals surface area (Å²) in [6, 6.07) is 8.12. The Morgan fingerprint density at radius 1 is 1.45 bits per heavy atom. The molecule has 0 aliphatic heterocycles. The topological polar surface area (TPSA) is 64.3 Å². The lowest BCUT2D eigenvalue weighted by atomic mass is 9.68. The van der Waals surface area contributed by atoms with Crippen molar-refractivity contribution in [3.63, 3.8) is 0 Å². The first kappa shape index (κ1) is 15.3. The van der Waals surface area contributed by atoms with Gasteiger partial charge in [0.25, 0.3) is 0 Å². The normalized spacial score (nSPS) is 29.5. The molecular formula is C18H26N2O2. The molecule has 3 rings (SSSR count). The zero-order valence-electron chi connectivity index (χ0n) is 13.3. The molecule has 1 aromatic rings. The molecule has 22 heavy (non-hydrogen) atoms. The largest absolute Gasteiger partial charge is 0.497 e. The van der Waals surface area contributed by atoms with Crippen LogP contribution in [0.25, 0.3) is 0 Å². The van der Waals surface area contributed by atoms with Gasteiger partial charge in [-0.25, -0.2) is 0 Å². The minimum atomic E-state index is -0.246. The number of nitrogens with one attached hydrogen (secondary N) is 1. The Balaban J connectivity index is 1.84. The molecule has 1 amide bonds. The van der Waals surface area contributed by atoms with Gasteiger partial charge in [0.1, 0.15) is 5.75 Å². The summed E-state index contributed by atoms with van der Waals surface area (Å²) in [5, 5.41) is 3.05. The van der Waals surface area contributed by atoms with E-state index in [1.165, 1.54) is 24.8 Å². The van der Waals surface area contributed by atoms with Gasteiger partial charge in [-0.15, -0.1) is 0 Å². The van der Waals surface area contributed by atoms with Gasteiger partial charge in [0, 0.05) is 13.1 Å². The van der Waals surface area contributed by atoms with Gasteiger partial charge in [-0.3, -0.25) is 4.79 Å². The summed E-state index contributed by atoms with van der Waals surface area (Å²) in [5.74, 6) is 2.30. The predicted molar refractivity (Wildman–Crippen MR) is 86.6 cm³/mol. The molecule has 2 bridgehead atoms. The van der Waals surface area contributed by atoms with Crippen LogP contribution in [0.5, 0.6) is 5.75 Å². The van der Waals surface area contributed by atoms with Crippen LogP contribution in [-0.2, 0) is 11.2 Å². The maximum Gasteiger partial charge on any atom is 0.226 e. The molecule has 2 fully saturated rings. The molecule has 3 unspecified atom stereocenters. The van der Waals surface area contributed by atoms with Crippen LogP contribution in [0.2, 0.25) is 0 Å². The summed E-state index contributed by atoms with van der Waals surface area (Å²) in [6.07, 6.45) is 5.51. The Kier molecular flexibility index (Phi) is 4.39. The second kappa shape index (κ2) is 6.29. The molecule has 3 atom stereocenters. The van der Waals surface area contributed by atoms with E-state index in [-0.39, 0.29) is 11.3 Å². The maximum atomic E-state index is 12.9. The number of amides is 1. The Morgan fingerprint density at radius 3 is 2.95 bits per heavy atom. The van der Waals surface area contributed by atoms with Crippen LogP contribution in [0.4, 0.5) is 0 Å². The van der Waals surface area contributed by atoms with Gasteiger partial charge in [-0.05, 0) is 55.2 Å². The first-order valence-electron chi connectivity index (χ1n) is 8.29. The van der Waals surface area contributed by atoms with E-state index >= 15 is 0 Å². The van der Waals surface area contributed by atoms with Crippen LogP contribution in [0.15, 0.2) is 24.3 Å². The summed E-state index contributed by atoms with van der Waals surface area (Å²) in [4.78, 5) is 12.9. The average molecular weight is 302 g/mol. The zero-order chi connectivity index (χ0) is 15.6. The molecule has 4 nitrogen and oxygen atoms in total. The van der Waals surface area contributed by atoms with E-state index in [9.17, 15) is 4.79 Å². The second-order valence-corrected chi connectivity index (χ2v) is 6.81. The summed E-state index contributed by atoms with van der Waals surface area (Å²) in [7, 11) is 1.68. The molecule has 0 aromatic heterocycles. The summed E-state index contributed by atoms with van der Waals surface area (Å²) in [5.41, 5.74) is 6.50. The Labute approximate surface area is 132 Å². The predicted octanol–water partition coefficient (Wildman–Crippen LogP) is 2.12. The highest BCUT2D eigenvalue weighted by molar-refractivity contribution is 5.84. The maximum absolute atomic E-state index is 12.9. The van der Waals surface area contributed by atoms with E-state index in [4.69, 9.17) is 10.5 Å². The fraction of sp³-hybridized carbons (Fsp3) is 0.611.